The Kier molecular flexibility index (Phi) is 6.45. The number of nitrogens with zero attached hydrogens (tertiary/aromatic N) is 3. The molecule has 0 saturated heterocycles. The Bertz CT molecular complexity index is 861. The zero-order valence-electron chi connectivity index (χ0n) is 13.8. The van der Waals surface area contributed by atoms with E-state index in [0.717, 1.165) is 18.3 Å². The van der Waals surface area contributed by atoms with Crippen molar-refractivity contribution in [3.63, 3.8) is 0 Å². The Morgan fingerprint density at radius 1 is 1.44 bits per heavy atom. The number of anilines is 2. The van der Waals surface area contributed by atoms with Crippen molar-refractivity contribution in [2.45, 2.75) is 11.2 Å². The van der Waals surface area contributed by atoms with Crippen molar-refractivity contribution < 1.29 is 27.9 Å². The summed E-state index contributed by atoms with van der Waals surface area (Å²) >= 11 is 1.18. The summed E-state index contributed by atoms with van der Waals surface area (Å²) in [5.41, 5.74) is 4.83. The molecule has 0 aliphatic heterocycles. The van der Waals surface area contributed by atoms with Crippen LogP contribution in [0.15, 0.2) is 34.4 Å². The minimum Gasteiger partial charge on any atom is -0.467 e. The number of hydrogen-bond donors (Lipinski definition) is 3. The van der Waals surface area contributed by atoms with E-state index in [1.54, 1.807) is 6.26 Å². The lowest BCUT2D eigenvalue weighted by atomic mass is 10.2. The first kappa shape index (κ1) is 20.3. The maximum Gasteiger partial charge on any atom is 0.416 e. The van der Waals surface area contributed by atoms with Crippen molar-refractivity contribution in [1.82, 2.24) is 9.97 Å². The van der Waals surface area contributed by atoms with Gasteiger partial charge in [-0.2, -0.15) is 18.2 Å². The summed E-state index contributed by atoms with van der Waals surface area (Å²) in [6, 6.07) is 4.17. The Balaban J connectivity index is 2.11. The summed E-state index contributed by atoms with van der Waals surface area (Å²) in [5, 5.41) is 14.3. The SMILES string of the molecule is CSc1nc(N)nc(OCC(=O)Nc2cccc(C(F)(F)F)c2)c1/C=N/O. The van der Waals surface area contributed by atoms with Gasteiger partial charge >= 0.3 is 6.18 Å². The lowest BCUT2D eigenvalue weighted by Crippen LogP contribution is -2.21. The monoisotopic (exact) mass is 401 g/mol. The van der Waals surface area contributed by atoms with E-state index in [1.165, 1.54) is 23.9 Å². The smallest absolute Gasteiger partial charge is 0.416 e. The van der Waals surface area contributed by atoms with Crippen LogP contribution >= 0.6 is 11.8 Å². The van der Waals surface area contributed by atoms with Gasteiger partial charge in [0.25, 0.3) is 5.91 Å². The predicted octanol–water partition coefficient (Wildman–Crippen LogP) is 2.63. The number of oxime groups is 1. The van der Waals surface area contributed by atoms with Crippen molar-refractivity contribution in [1.29, 1.82) is 0 Å². The number of nitrogens with one attached hydrogen (secondary N) is 1. The molecule has 144 valence electrons. The molecule has 1 heterocycles. The maximum absolute atomic E-state index is 12.7. The van der Waals surface area contributed by atoms with Crippen LogP contribution in [0.4, 0.5) is 24.8 Å². The summed E-state index contributed by atoms with van der Waals surface area (Å²) in [4.78, 5) is 19.7. The van der Waals surface area contributed by atoms with Crippen LogP contribution in [0.3, 0.4) is 0 Å². The lowest BCUT2D eigenvalue weighted by molar-refractivity contribution is -0.137. The Labute approximate surface area is 155 Å². The van der Waals surface area contributed by atoms with Crippen LogP contribution in [0.2, 0.25) is 0 Å². The van der Waals surface area contributed by atoms with Gasteiger partial charge in [0.15, 0.2) is 6.61 Å². The molecule has 1 aromatic heterocycles. The third-order valence-electron chi connectivity index (χ3n) is 3.09. The van der Waals surface area contributed by atoms with Crippen LogP contribution in [0.25, 0.3) is 0 Å². The number of halogens is 3. The highest BCUT2D eigenvalue weighted by atomic mass is 32.2. The van der Waals surface area contributed by atoms with Crippen molar-refractivity contribution in [3.05, 3.63) is 35.4 Å². The second kappa shape index (κ2) is 8.58. The number of nitrogen functional groups attached to an aromatic ring is 1. The quantitative estimate of drug-likeness (QED) is 0.224. The van der Waals surface area contributed by atoms with E-state index in [1.807, 2.05) is 0 Å². The van der Waals surface area contributed by atoms with E-state index < -0.39 is 24.3 Å². The van der Waals surface area contributed by atoms with Crippen molar-refractivity contribution in [2.75, 3.05) is 23.9 Å². The average molecular weight is 401 g/mol. The van der Waals surface area contributed by atoms with Gasteiger partial charge in [-0.25, -0.2) is 4.98 Å². The van der Waals surface area contributed by atoms with Gasteiger partial charge in [0, 0.05) is 5.69 Å². The molecule has 8 nitrogen and oxygen atoms in total. The first-order chi connectivity index (χ1) is 12.7. The van der Waals surface area contributed by atoms with Gasteiger partial charge in [-0.1, -0.05) is 11.2 Å². The fraction of sp³-hybridized carbons (Fsp3) is 0.200. The van der Waals surface area contributed by atoms with E-state index in [2.05, 4.69) is 20.4 Å². The average Bonchev–Trinajstić information content (AvgIpc) is 2.61. The van der Waals surface area contributed by atoms with Crippen LogP contribution in [0.5, 0.6) is 5.88 Å². The molecule has 12 heteroatoms. The number of thioether (sulfide) groups is 1. The molecule has 4 N–H and O–H groups in total. The van der Waals surface area contributed by atoms with Crippen molar-refractivity contribution in [3.8, 4) is 5.88 Å². The molecular weight excluding hydrogens is 387 g/mol. The molecule has 27 heavy (non-hydrogen) atoms. The Hall–Kier alpha value is -3.02. The first-order valence-corrected chi connectivity index (χ1v) is 8.46. The number of carbonyl (C=O) groups is 1. The van der Waals surface area contributed by atoms with Gasteiger partial charge in [0.05, 0.1) is 17.3 Å². The summed E-state index contributed by atoms with van der Waals surface area (Å²) in [7, 11) is 0. The molecule has 0 bridgehead atoms. The molecule has 1 amide bonds. The minimum atomic E-state index is -4.53. The third kappa shape index (κ3) is 5.48. The first-order valence-electron chi connectivity index (χ1n) is 7.23. The van der Waals surface area contributed by atoms with Gasteiger partial charge in [-0.15, -0.1) is 11.8 Å². The molecule has 0 atom stereocenters. The highest BCUT2D eigenvalue weighted by Gasteiger charge is 2.30. The van der Waals surface area contributed by atoms with E-state index in [9.17, 15) is 18.0 Å². The second-order valence-corrected chi connectivity index (χ2v) is 5.76. The van der Waals surface area contributed by atoms with Gasteiger partial charge in [0.2, 0.25) is 11.8 Å². The van der Waals surface area contributed by atoms with Gasteiger partial charge in [-0.3, -0.25) is 4.79 Å². The molecule has 0 spiro atoms. The third-order valence-corrected chi connectivity index (χ3v) is 3.78. The predicted molar refractivity (Wildman–Crippen MR) is 93.2 cm³/mol. The van der Waals surface area contributed by atoms with E-state index in [4.69, 9.17) is 15.7 Å². The van der Waals surface area contributed by atoms with Gasteiger partial charge in [0.1, 0.15) is 5.03 Å². The highest BCUT2D eigenvalue weighted by molar-refractivity contribution is 7.98. The molecule has 1 aromatic carbocycles. The van der Waals surface area contributed by atoms with E-state index >= 15 is 0 Å². The number of ether oxygens (including phenoxy) is 1. The number of aromatic nitrogens is 2. The van der Waals surface area contributed by atoms with Crippen molar-refractivity contribution >= 4 is 35.5 Å². The standard InChI is InChI=1S/C15H14F3N5O3S/c1-27-13-10(6-20-25)12(22-14(19)23-13)26-7-11(24)21-9-4-2-3-8(5-9)15(16,17)18/h2-6,25H,7H2,1H3,(H,21,24)(H2,19,22,23)/b20-6+. The molecule has 0 fully saturated rings. The molecule has 0 unspecified atom stereocenters. The largest absolute Gasteiger partial charge is 0.467 e. The summed E-state index contributed by atoms with van der Waals surface area (Å²) in [5.74, 6) is -0.948. The molecule has 2 aromatic rings. The highest BCUT2D eigenvalue weighted by Crippen LogP contribution is 2.30. The molecular formula is C15H14F3N5O3S. The number of rotatable bonds is 6. The van der Waals surface area contributed by atoms with E-state index in [0.29, 0.717) is 5.03 Å². The maximum atomic E-state index is 12.7. The number of benzene rings is 1. The van der Waals surface area contributed by atoms with Gasteiger partial charge < -0.3 is 21.0 Å². The zero-order valence-corrected chi connectivity index (χ0v) is 14.6. The number of carbonyl (C=O) groups excluding carboxylic acids is 1. The normalized spacial score (nSPS) is 11.6. The molecule has 0 aliphatic rings. The topological polar surface area (TPSA) is 123 Å². The Morgan fingerprint density at radius 2 is 2.19 bits per heavy atom. The fourth-order valence-electron chi connectivity index (χ4n) is 1.98. The summed E-state index contributed by atoms with van der Waals surface area (Å²) < 4.78 is 43.4. The van der Waals surface area contributed by atoms with Crippen LogP contribution in [-0.4, -0.2) is 40.2 Å². The zero-order chi connectivity index (χ0) is 20.0. The van der Waals surface area contributed by atoms with Crippen LogP contribution in [-0.2, 0) is 11.0 Å². The second-order valence-electron chi connectivity index (χ2n) is 4.97. The molecule has 0 aliphatic carbocycles. The fourth-order valence-corrected chi connectivity index (χ4v) is 2.53. The minimum absolute atomic E-state index is 0.0393. The number of amides is 1. The van der Waals surface area contributed by atoms with Gasteiger partial charge in [-0.05, 0) is 24.5 Å². The number of hydrogen-bond acceptors (Lipinski definition) is 8. The van der Waals surface area contributed by atoms with Crippen molar-refractivity contribution in [2.24, 2.45) is 5.16 Å². The molecule has 2 rings (SSSR count). The number of alkyl halides is 3. The Morgan fingerprint density at radius 3 is 2.81 bits per heavy atom. The molecule has 0 radical (unpaired) electrons. The van der Waals surface area contributed by atoms with Crippen LogP contribution in [0, 0.1) is 0 Å². The molecule has 0 saturated carbocycles. The number of nitrogens with two attached hydrogens (primary N) is 1. The van der Waals surface area contributed by atoms with Crippen LogP contribution < -0.4 is 15.8 Å². The lowest BCUT2D eigenvalue weighted by Gasteiger charge is -2.12. The van der Waals surface area contributed by atoms with E-state index in [-0.39, 0.29) is 23.1 Å². The summed E-state index contributed by atoms with van der Waals surface area (Å²) in [6.07, 6.45) is -1.81. The summed E-state index contributed by atoms with van der Waals surface area (Å²) in [6.45, 7) is -0.563. The van der Waals surface area contributed by atoms with Crippen LogP contribution in [0.1, 0.15) is 11.1 Å².